The Hall–Kier alpha value is -1.39. The lowest BCUT2D eigenvalue weighted by atomic mass is 10.1. The average molecular weight is 331 g/mol. The van der Waals surface area contributed by atoms with Gasteiger partial charge >= 0.3 is 0 Å². The molecule has 0 radical (unpaired) electrons. The molecule has 0 unspecified atom stereocenters. The first-order valence-electron chi connectivity index (χ1n) is 4.91. The van der Waals surface area contributed by atoms with Crippen molar-refractivity contribution in [2.75, 3.05) is 6.26 Å². The van der Waals surface area contributed by atoms with E-state index in [1.165, 1.54) is 18.3 Å². The molecular weight excluding hydrogens is 323 g/mol. The molecule has 2 aromatic rings. The van der Waals surface area contributed by atoms with Crippen molar-refractivity contribution in [2.24, 2.45) is 0 Å². The predicted molar refractivity (Wildman–Crippen MR) is 69.2 cm³/mol. The van der Waals surface area contributed by atoms with E-state index in [1.807, 2.05) is 6.07 Å². The molecule has 0 fully saturated rings. The molecule has 94 valence electrons. The molecule has 1 aromatic heterocycles. The monoisotopic (exact) mass is 330 g/mol. The third kappa shape index (κ3) is 2.13. The Labute approximate surface area is 112 Å². The van der Waals surface area contributed by atoms with Gasteiger partial charge in [0, 0.05) is 11.6 Å². The van der Waals surface area contributed by atoms with Crippen LogP contribution < -0.4 is 0 Å². The lowest BCUT2D eigenvalue weighted by Gasteiger charge is -2.02. The van der Waals surface area contributed by atoms with Gasteiger partial charge < -0.3 is 0 Å². The standard InChI is InChI=1S/C11H8BrFN2O2S/c1-18(16,17)15-6-7(2-3-14)8-4-10(13)9(12)5-11(8)15/h4-6H,2H2,1H3. The molecule has 0 aliphatic carbocycles. The SMILES string of the molecule is CS(=O)(=O)n1cc(CC#N)c2cc(F)c(Br)cc21. The molecule has 1 aromatic carbocycles. The van der Waals surface area contributed by atoms with Gasteiger partial charge in [0.25, 0.3) is 0 Å². The van der Waals surface area contributed by atoms with Crippen LogP contribution in [0.2, 0.25) is 0 Å². The van der Waals surface area contributed by atoms with E-state index >= 15 is 0 Å². The highest BCUT2D eigenvalue weighted by atomic mass is 79.9. The maximum Gasteiger partial charge on any atom is 0.236 e. The van der Waals surface area contributed by atoms with Gasteiger partial charge in [0.05, 0.1) is 28.7 Å². The van der Waals surface area contributed by atoms with Gasteiger partial charge in [0.15, 0.2) is 0 Å². The average Bonchev–Trinajstić information content (AvgIpc) is 2.58. The fourth-order valence-corrected chi connectivity index (χ4v) is 2.92. The number of fused-ring (bicyclic) bond motifs is 1. The minimum absolute atomic E-state index is 0.0279. The van der Waals surface area contributed by atoms with Crippen molar-refractivity contribution in [3.05, 3.63) is 34.2 Å². The topological polar surface area (TPSA) is 62.9 Å². The summed E-state index contributed by atoms with van der Waals surface area (Å²) in [6.07, 6.45) is 2.44. The molecule has 1 heterocycles. The Balaban J connectivity index is 2.90. The molecule has 0 saturated heterocycles. The largest absolute Gasteiger partial charge is 0.245 e. The molecule has 0 bridgehead atoms. The Bertz CT molecular complexity index is 774. The fraction of sp³-hybridized carbons (Fsp3) is 0.182. The molecule has 0 atom stereocenters. The molecule has 0 amide bonds. The van der Waals surface area contributed by atoms with Gasteiger partial charge in [0.2, 0.25) is 10.0 Å². The van der Waals surface area contributed by atoms with E-state index < -0.39 is 15.8 Å². The number of nitriles is 1. The summed E-state index contributed by atoms with van der Waals surface area (Å²) in [4.78, 5) is 0. The number of aromatic nitrogens is 1. The van der Waals surface area contributed by atoms with Crippen LogP contribution in [0.25, 0.3) is 10.9 Å². The highest BCUT2D eigenvalue weighted by molar-refractivity contribution is 9.10. The minimum Gasteiger partial charge on any atom is -0.245 e. The molecule has 0 N–H and O–H groups in total. The van der Waals surface area contributed by atoms with E-state index in [-0.39, 0.29) is 10.9 Å². The maximum absolute atomic E-state index is 13.5. The van der Waals surface area contributed by atoms with Crippen LogP contribution in [0.1, 0.15) is 5.56 Å². The number of rotatable bonds is 2. The zero-order chi connectivity index (χ0) is 13.5. The predicted octanol–water partition coefficient (Wildman–Crippen LogP) is 2.42. The summed E-state index contributed by atoms with van der Waals surface area (Å²) >= 11 is 3.02. The van der Waals surface area contributed by atoms with Crippen molar-refractivity contribution in [1.82, 2.24) is 3.97 Å². The van der Waals surface area contributed by atoms with Gasteiger partial charge in [-0.2, -0.15) is 5.26 Å². The summed E-state index contributed by atoms with van der Waals surface area (Å²) in [6, 6.07) is 4.56. The van der Waals surface area contributed by atoms with E-state index in [0.29, 0.717) is 16.5 Å². The van der Waals surface area contributed by atoms with Crippen molar-refractivity contribution in [2.45, 2.75) is 6.42 Å². The van der Waals surface area contributed by atoms with Crippen LogP contribution in [0.4, 0.5) is 4.39 Å². The highest BCUT2D eigenvalue weighted by Gasteiger charge is 2.16. The van der Waals surface area contributed by atoms with Crippen LogP contribution in [0.3, 0.4) is 0 Å². The van der Waals surface area contributed by atoms with Gasteiger partial charge in [-0.05, 0) is 33.6 Å². The number of hydrogen-bond acceptors (Lipinski definition) is 3. The first kappa shape index (κ1) is 13.1. The minimum atomic E-state index is -3.49. The second-order valence-electron chi connectivity index (χ2n) is 3.83. The summed E-state index contributed by atoms with van der Waals surface area (Å²) in [6.45, 7) is 0. The number of halogens is 2. The van der Waals surface area contributed by atoms with Crippen LogP contribution in [-0.4, -0.2) is 18.6 Å². The van der Waals surface area contributed by atoms with E-state index in [4.69, 9.17) is 5.26 Å². The van der Waals surface area contributed by atoms with Gasteiger partial charge in [-0.1, -0.05) is 0 Å². The molecule has 18 heavy (non-hydrogen) atoms. The van der Waals surface area contributed by atoms with Crippen molar-refractivity contribution in [3.8, 4) is 6.07 Å². The van der Waals surface area contributed by atoms with Crippen LogP contribution >= 0.6 is 15.9 Å². The summed E-state index contributed by atoms with van der Waals surface area (Å²) < 4.78 is 38.0. The van der Waals surface area contributed by atoms with Gasteiger partial charge in [-0.3, -0.25) is 0 Å². The van der Waals surface area contributed by atoms with Crippen LogP contribution in [0, 0.1) is 17.1 Å². The summed E-state index contributed by atoms with van der Waals surface area (Å²) in [5.41, 5.74) is 0.848. The Morgan fingerprint density at radius 1 is 1.50 bits per heavy atom. The first-order valence-corrected chi connectivity index (χ1v) is 7.55. The summed E-state index contributed by atoms with van der Waals surface area (Å²) in [5.74, 6) is -0.493. The fourth-order valence-electron chi connectivity index (χ4n) is 1.76. The van der Waals surface area contributed by atoms with Crippen molar-refractivity contribution in [3.63, 3.8) is 0 Å². The summed E-state index contributed by atoms with van der Waals surface area (Å²) in [5, 5.41) is 9.14. The lowest BCUT2D eigenvalue weighted by Crippen LogP contribution is -2.08. The second kappa shape index (κ2) is 4.37. The zero-order valence-electron chi connectivity index (χ0n) is 9.31. The van der Waals surface area contributed by atoms with E-state index in [0.717, 1.165) is 10.2 Å². The molecule has 7 heteroatoms. The zero-order valence-corrected chi connectivity index (χ0v) is 11.7. The molecule has 0 aliphatic heterocycles. The molecule has 4 nitrogen and oxygen atoms in total. The van der Waals surface area contributed by atoms with E-state index in [9.17, 15) is 12.8 Å². The highest BCUT2D eigenvalue weighted by Crippen LogP contribution is 2.28. The first-order chi connectivity index (χ1) is 8.34. The quantitative estimate of drug-likeness (QED) is 0.849. The van der Waals surface area contributed by atoms with Crippen molar-refractivity contribution >= 4 is 36.9 Å². The molecular formula is C11H8BrFN2O2S. The maximum atomic E-state index is 13.5. The van der Waals surface area contributed by atoms with E-state index in [2.05, 4.69) is 15.9 Å². The molecule has 0 saturated carbocycles. The molecule has 0 aliphatic rings. The summed E-state index contributed by atoms with van der Waals surface area (Å²) in [7, 11) is -3.49. The van der Waals surface area contributed by atoms with Crippen LogP contribution in [-0.2, 0) is 16.4 Å². The third-order valence-corrected chi connectivity index (χ3v) is 4.15. The second-order valence-corrected chi connectivity index (χ2v) is 6.55. The van der Waals surface area contributed by atoms with Crippen LogP contribution in [0.5, 0.6) is 0 Å². The number of hydrogen-bond donors (Lipinski definition) is 0. The Kier molecular flexibility index (Phi) is 3.17. The van der Waals surface area contributed by atoms with Crippen molar-refractivity contribution in [1.29, 1.82) is 5.26 Å². The normalized spacial score (nSPS) is 11.7. The van der Waals surface area contributed by atoms with Gasteiger partial charge in [-0.15, -0.1) is 0 Å². The number of nitrogens with zero attached hydrogens (tertiary/aromatic N) is 2. The smallest absolute Gasteiger partial charge is 0.236 e. The number of benzene rings is 1. The molecule has 0 spiro atoms. The van der Waals surface area contributed by atoms with Crippen molar-refractivity contribution < 1.29 is 12.8 Å². The Morgan fingerprint density at radius 3 is 2.72 bits per heavy atom. The van der Waals surface area contributed by atoms with Gasteiger partial charge in [-0.25, -0.2) is 16.8 Å². The third-order valence-electron chi connectivity index (χ3n) is 2.52. The lowest BCUT2D eigenvalue weighted by molar-refractivity contribution is 0.595. The Morgan fingerprint density at radius 2 is 2.17 bits per heavy atom. The van der Waals surface area contributed by atoms with E-state index in [1.54, 1.807) is 0 Å². The van der Waals surface area contributed by atoms with Gasteiger partial charge in [0.1, 0.15) is 5.82 Å². The van der Waals surface area contributed by atoms with Crippen LogP contribution in [0.15, 0.2) is 22.8 Å². The molecule has 2 rings (SSSR count).